The lowest BCUT2D eigenvalue weighted by atomic mass is 9.82. The van der Waals surface area contributed by atoms with Crippen molar-refractivity contribution in [2.75, 3.05) is 23.3 Å². The number of anilines is 2. The summed E-state index contributed by atoms with van der Waals surface area (Å²) in [4.78, 5) is 49.0. The summed E-state index contributed by atoms with van der Waals surface area (Å²) >= 11 is 0. The van der Waals surface area contributed by atoms with Gasteiger partial charge >= 0.3 is 0 Å². The predicted octanol–water partition coefficient (Wildman–Crippen LogP) is 2.64. The molecule has 0 aliphatic carbocycles. The number of amides is 2. The second-order valence-corrected chi connectivity index (χ2v) is 8.39. The molecule has 3 aromatic rings. The van der Waals surface area contributed by atoms with E-state index in [2.05, 4.69) is 20.6 Å². The number of hydrogen-bond acceptors (Lipinski definition) is 5. The molecule has 0 spiro atoms. The summed E-state index contributed by atoms with van der Waals surface area (Å²) < 4.78 is 0. The number of nitrogens with zero attached hydrogens (tertiary/aromatic N) is 2. The summed E-state index contributed by atoms with van der Waals surface area (Å²) in [6.45, 7) is 1.63. The van der Waals surface area contributed by atoms with E-state index in [-0.39, 0.29) is 17.3 Å². The second-order valence-electron chi connectivity index (χ2n) is 8.39. The second kappa shape index (κ2) is 8.90. The number of rotatable bonds is 4. The molecule has 2 aliphatic rings. The summed E-state index contributed by atoms with van der Waals surface area (Å²) in [5.74, 6) is -0.729. The van der Waals surface area contributed by atoms with Crippen LogP contribution in [0.4, 0.5) is 11.8 Å². The van der Waals surface area contributed by atoms with Crippen LogP contribution in [0.5, 0.6) is 0 Å². The maximum atomic E-state index is 13.3. The molecule has 2 aliphatic heterocycles. The average molecular weight is 444 g/mol. The minimum atomic E-state index is -0.962. The number of carbonyl (C=O) groups is 2. The van der Waals surface area contributed by atoms with Crippen LogP contribution in [-0.4, -0.2) is 40.9 Å². The van der Waals surface area contributed by atoms with Crippen molar-refractivity contribution in [3.05, 3.63) is 87.7 Å². The number of benzene rings is 2. The summed E-state index contributed by atoms with van der Waals surface area (Å²) in [6, 6.07) is 17.0. The fraction of sp³-hybridized carbons (Fsp3) is 0.280. The molecule has 0 saturated carbocycles. The number of nitrogens with one attached hydrogen (secondary N) is 3. The Kier molecular flexibility index (Phi) is 5.64. The molecule has 3 N–H and O–H groups in total. The number of fused-ring (bicyclic) bond motifs is 1. The van der Waals surface area contributed by atoms with Crippen molar-refractivity contribution >= 4 is 23.6 Å². The number of aromatic amines is 1. The third kappa shape index (κ3) is 4.11. The van der Waals surface area contributed by atoms with Crippen molar-refractivity contribution in [3.8, 4) is 0 Å². The van der Waals surface area contributed by atoms with Crippen LogP contribution < -0.4 is 21.1 Å². The van der Waals surface area contributed by atoms with E-state index in [1.165, 1.54) is 0 Å². The van der Waals surface area contributed by atoms with Crippen LogP contribution in [0.3, 0.4) is 0 Å². The van der Waals surface area contributed by atoms with Gasteiger partial charge in [-0.2, -0.15) is 4.98 Å². The first-order valence-corrected chi connectivity index (χ1v) is 11.2. The van der Waals surface area contributed by atoms with Gasteiger partial charge in [-0.25, -0.2) is 0 Å². The van der Waals surface area contributed by atoms with Gasteiger partial charge in [-0.05, 0) is 37.0 Å². The molecule has 33 heavy (non-hydrogen) atoms. The average Bonchev–Trinajstić information content (AvgIpc) is 2.86. The highest BCUT2D eigenvalue weighted by Crippen LogP contribution is 2.35. The van der Waals surface area contributed by atoms with Gasteiger partial charge in [0, 0.05) is 24.6 Å². The van der Waals surface area contributed by atoms with Crippen molar-refractivity contribution < 1.29 is 9.59 Å². The topological polar surface area (TPSA) is 107 Å². The molecule has 3 heterocycles. The Morgan fingerprint density at radius 1 is 0.939 bits per heavy atom. The first kappa shape index (κ1) is 20.9. The molecule has 0 bridgehead atoms. The van der Waals surface area contributed by atoms with Crippen molar-refractivity contribution in [3.63, 3.8) is 0 Å². The van der Waals surface area contributed by atoms with Gasteiger partial charge in [0.05, 0.1) is 5.56 Å². The SMILES string of the molecule is O=C(N[C@H]1C(=O)Nc2nc(N3CCCCC3)[nH]c(=O)c2[C@@H]1c1ccccc1)c1ccccc1. The molecule has 1 aromatic heterocycles. The van der Waals surface area contributed by atoms with E-state index in [0.717, 1.165) is 37.9 Å². The minimum Gasteiger partial charge on any atom is -0.342 e. The molecule has 1 saturated heterocycles. The lowest BCUT2D eigenvalue weighted by Gasteiger charge is -2.34. The fourth-order valence-electron chi connectivity index (χ4n) is 4.60. The van der Waals surface area contributed by atoms with E-state index in [0.29, 0.717) is 17.1 Å². The summed E-state index contributed by atoms with van der Waals surface area (Å²) in [7, 11) is 0. The third-order valence-electron chi connectivity index (χ3n) is 6.25. The normalized spacial score (nSPS) is 20.0. The van der Waals surface area contributed by atoms with Crippen LogP contribution in [0.2, 0.25) is 0 Å². The van der Waals surface area contributed by atoms with Gasteiger partial charge in [-0.1, -0.05) is 48.5 Å². The molecule has 8 heteroatoms. The largest absolute Gasteiger partial charge is 0.342 e. The maximum absolute atomic E-state index is 13.3. The van der Waals surface area contributed by atoms with Crippen LogP contribution in [-0.2, 0) is 4.79 Å². The van der Waals surface area contributed by atoms with Gasteiger partial charge in [0.1, 0.15) is 11.9 Å². The number of hydrogen-bond donors (Lipinski definition) is 3. The highest BCUT2D eigenvalue weighted by atomic mass is 16.2. The molecule has 2 atom stereocenters. The summed E-state index contributed by atoms with van der Waals surface area (Å²) in [5, 5.41) is 5.61. The maximum Gasteiger partial charge on any atom is 0.258 e. The molecule has 0 unspecified atom stereocenters. The number of carbonyl (C=O) groups excluding carboxylic acids is 2. The lowest BCUT2D eigenvalue weighted by Crippen LogP contribution is -2.52. The summed E-state index contributed by atoms with van der Waals surface area (Å²) in [6.07, 6.45) is 3.22. The monoisotopic (exact) mass is 443 g/mol. The smallest absolute Gasteiger partial charge is 0.258 e. The zero-order valence-electron chi connectivity index (χ0n) is 18.1. The van der Waals surface area contributed by atoms with Gasteiger partial charge in [-0.15, -0.1) is 0 Å². The summed E-state index contributed by atoms with van der Waals surface area (Å²) in [5.41, 5.74) is 1.23. The first-order valence-electron chi connectivity index (χ1n) is 11.2. The van der Waals surface area contributed by atoms with Crippen LogP contribution in [0.25, 0.3) is 0 Å². The molecule has 8 nitrogen and oxygen atoms in total. The van der Waals surface area contributed by atoms with Crippen LogP contribution >= 0.6 is 0 Å². The molecule has 5 rings (SSSR count). The molecule has 2 aromatic carbocycles. The lowest BCUT2D eigenvalue weighted by molar-refractivity contribution is -0.118. The highest BCUT2D eigenvalue weighted by Gasteiger charge is 2.41. The molecule has 2 amide bonds. The Morgan fingerprint density at radius 3 is 2.30 bits per heavy atom. The Morgan fingerprint density at radius 2 is 1.61 bits per heavy atom. The van der Waals surface area contributed by atoms with Crippen molar-refractivity contribution in [1.29, 1.82) is 0 Å². The van der Waals surface area contributed by atoms with Crippen molar-refractivity contribution in [2.24, 2.45) is 0 Å². The van der Waals surface area contributed by atoms with E-state index in [1.807, 2.05) is 41.3 Å². The first-order chi connectivity index (χ1) is 16.1. The minimum absolute atomic E-state index is 0.253. The molecular weight excluding hydrogens is 418 g/mol. The molecular formula is C25H25N5O3. The number of aromatic nitrogens is 2. The fourth-order valence-corrected chi connectivity index (χ4v) is 4.60. The Bertz CT molecular complexity index is 1220. The van der Waals surface area contributed by atoms with Gasteiger partial charge in [0.25, 0.3) is 11.5 Å². The van der Waals surface area contributed by atoms with Gasteiger partial charge in [0.15, 0.2) is 0 Å². The zero-order valence-corrected chi connectivity index (χ0v) is 18.1. The van der Waals surface area contributed by atoms with Gasteiger partial charge < -0.3 is 15.5 Å². The standard InChI is InChI=1S/C25H25N5O3/c31-22(17-12-6-2-7-13-17)26-20-18(16-10-4-1-5-11-16)19-21(27-24(20)33)28-25(29-23(19)32)30-14-8-3-9-15-30/h1-2,4-7,10-13,18,20H,3,8-9,14-15H2,(H,26,31)(H2,27,28,29,32,33)/t18-,20+/m0/s1. The van der Waals surface area contributed by atoms with E-state index in [1.54, 1.807) is 24.3 Å². The van der Waals surface area contributed by atoms with Crippen LogP contribution in [0, 0.1) is 0 Å². The Hall–Kier alpha value is -3.94. The van der Waals surface area contributed by atoms with Crippen molar-refractivity contribution in [2.45, 2.75) is 31.2 Å². The van der Waals surface area contributed by atoms with E-state index in [9.17, 15) is 14.4 Å². The third-order valence-corrected chi connectivity index (χ3v) is 6.25. The molecule has 1 fully saturated rings. The van der Waals surface area contributed by atoms with Crippen LogP contribution in [0.1, 0.15) is 46.7 Å². The van der Waals surface area contributed by atoms with E-state index in [4.69, 9.17) is 0 Å². The molecule has 0 radical (unpaired) electrons. The van der Waals surface area contributed by atoms with E-state index >= 15 is 0 Å². The Balaban J connectivity index is 1.56. The van der Waals surface area contributed by atoms with Gasteiger partial charge in [0.2, 0.25) is 11.9 Å². The zero-order chi connectivity index (χ0) is 22.8. The van der Waals surface area contributed by atoms with E-state index < -0.39 is 17.9 Å². The molecule has 168 valence electrons. The predicted molar refractivity (Wildman–Crippen MR) is 126 cm³/mol. The van der Waals surface area contributed by atoms with Gasteiger partial charge in [-0.3, -0.25) is 19.4 Å². The Labute approximate surface area is 191 Å². The van der Waals surface area contributed by atoms with Crippen molar-refractivity contribution in [1.82, 2.24) is 15.3 Å². The van der Waals surface area contributed by atoms with Crippen LogP contribution in [0.15, 0.2) is 65.5 Å². The quantitative estimate of drug-likeness (QED) is 0.575. The highest BCUT2D eigenvalue weighted by molar-refractivity contribution is 6.03. The number of H-pyrrole nitrogens is 1. The number of piperidine rings is 1.